The minimum atomic E-state index is -0.318. The van der Waals surface area contributed by atoms with Crippen LogP contribution in [0.15, 0.2) is 53.6 Å². The lowest BCUT2D eigenvalue weighted by Crippen LogP contribution is -2.19. The van der Waals surface area contributed by atoms with Crippen molar-refractivity contribution in [2.24, 2.45) is 5.10 Å². The number of hydrogen-bond acceptors (Lipinski definition) is 3. The van der Waals surface area contributed by atoms with E-state index in [1.54, 1.807) is 55.5 Å². The third-order valence-corrected chi connectivity index (χ3v) is 2.95. The van der Waals surface area contributed by atoms with E-state index in [2.05, 4.69) is 10.5 Å². The van der Waals surface area contributed by atoms with Crippen LogP contribution in [-0.2, 0) is 0 Å². The predicted molar refractivity (Wildman–Crippen MR) is 79.2 cm³/mol. The fourth-order valence-corrected chi connectivity index (χ4v) is 1.72. The normalized spacial score (nSPS) is 11.2. The number of carbonyl (C=O) groups excluding carboxylic acids is 1. The second kappa shape index (κ2) is 6.21. The summed E-state index contributed by atoms with van der Waals surface area (Å²) in [4.78, 5) is 11.8. The fraction of sp³-hybridized carbons (Fsp3) is 0.0667. The van der Waals surface area contributed by atoms with Crippen LogP contribution < -0.4 is 5.43 Å². The molecule has 0 aliphatic rings. The highest BCUT2D eigenvalue weighted by molar-refractivity contribution is 6.30. The van der Waals surface area contributed by atoms with Gasteiger partial charge in [0.1, 0.15) is 5.75 Å². The molecule has 20 heavy (non-hydrogen) atoms. The van der Waals surface area contributed by atoms with E-state index in [1.165, 1.54) is 0 Å². The van der Waals surface area contributed by atoms with E-state index in [-0.39, 0.29) is 11.7 Å². The average molecular weight is 289 g/mol. The van der Waals surface area contributed by atoms with E-state index in [4.69, 9.17) is 11.6 Å². The number of phenols is 1. The SMILES string of the molecule is C/C(=N\NC(=O)c1ccc(Cl)cc1)c1cccc(O)c1. The highest BCUT2D eigenvalue weighted by Crippen LogP contribution is 2.12. The molecule has 0 saturated heterocycles. The number of aromatic hydroxyl groups is 1. The first kappa shape index (κ1) is 14.1. The van der Waals surface area contributed by atoms with Crippen molar-refractivity contribution < 1.29 is 9.90 Å². The Bertz CT molecular complexity index is 651. The summed E-state index contributed by atoms with van der Waals surface area (Å²) in [6.45, 7) is 1.75. The smallest absolute Gasteiger partial charge is 0.271 e. The summed E-state index contributed by atoms with van der Waals surface area (Å²) in [6, 6.07) is 13.2. The van der Waals surface area contributed by atoms with Gasteiger partial charge >= 0.3 is 0 Å². The molecule has 0 unspecified atom stereocenters. The van der Waals surface area contributed by atoms with Gasteiger partial charge in [0, 0.05) is 16.1 Å². The van der Waals surface area contributed by atoms with E-state index in [1.807, 2.05) is 0 Å². The number of amides is 1. The first-order valence-corrected chi connectivity index (χ1v) is 6.33. The largest absolute Gasteiger partial charge is 0.508 e. The number of hydrazone groups is 1. The van der Waals surface area contributed by atoms with Crippen LogP contribution in [0, 0.1) is 0 Å². The average Bonchev–Trinajstić information content (AvgIpc) is 2.45. The van der Waals surface area contributed by atoms with Crippen LogP contribution in [0.5, 0.6) is 5.75 Å². The van der Waals surface area contributed by atoms with Crippen LogP contribution in [0.3, 0.4) is 0 Å². The first-order valence-electron chi connectivity index (χ1n) is 5.96. The lowest BCUT2D eigenvalue weighted by Gasteiger charge is -2.03. The Balaban J connectivity index is 2.08. The van der Waals surface area contributed by atoms with Crippen molar-refractivity contribution in [1.29, 1.82) is 0 Å². The van der Waals surface area contributed by atoms with Crippen molar-refractivity contribution in [2.75, 3.05) is 0 Å². The number of rotatable bonds is 3. The van der Waals surface area contributed by atoms with Crippen molar-refractivity contribution in [3.8, 4) is 5.75 Å². The Hall–Kier alpha value is -2.33. The lowest BCUT2D eigenvalue weighted by atomic mass is 10.1. The zero-order valence-corrected chi connectivity index (χ0v) is 11.6. The molecule has 0 radical (unpaired) electrons. The number of hydrogen-bond donors (Lipinski definition) is 2. The van der Waals surface area contributed by atoms with Crippen LogP contribution in [0.4, 0.5) is 0 Å². The maximum atomic E-state index is 11.8. The Kier molecular flexibility index (Phi) is 4.38. The van der Waals surface area contributed by atoms with Crippen LogP contribution in [-0.4, -0.2) is 16.7 Å². The second-order valence-corrected chi connectivity index (χ2v) is 4.63. The highest BCUT2D eigenvalue weighted by atomic mass is 35.5. The third kappa shape index (κ3) is 3.59. The molecule has 4 nitrogen and oxygen atoms in total. The molecular weight excluding hydrogens is 276 g/mol. The summed E-state index contributed by atoms with van der Waals surface area (Å²) in [5, 5.41) is 14.0. The van der Waals surface area contributed by atoms with Crippen molar-refractivity contribution in [2.45, 2.75) is 6.92 Å². The molecule has 1 amide bonds. The molecular formula is C15H13ClN2O2. The summed E-state index contributed by atoms with van der Waals surface area (Å²) in [7, 11) is 0. The van der Waals surface area contributed by atoms with Crippen molar-refractivity contribution in [3.05, 3.63) is 64.7 Å². The summed E-state index contributed by atoms with van der Waals surface area (Å²) in [6.07, 6.45) is 0. The number of phenolic OH excluding ortho intramolecular Hbond substituents is 1. The van der Waals surface area contributed by atoms with Gasteiger partial charge in [-0.3, -0.25) is 4.79 Å². The van der Waals surface area contributed by atoms with Gasteiger partial charge in [-0.1, -0.05) is 23.7 Å². The predicted octanol–water partition coefficient (Wildman–Crippen LogP) is 3.20. The fourth-order valence-electron chi connectivity index (χ4n) is 1.60. The summed E-state index contributed by atoms with van der Waals surface area (Å²) in [5.41, 5.74) is 4.27. The summed E-state index contributed by atoms with van der Waals surface area (Å²) < 4.78 is 0. The van der Waals surface area contributed by atoms with Crippen LogP contribution in [0.25, 0.3) is 0 Å². The summed E-state index contributed by atoms with van der Waals surface area (Å²) in [5.74, 6) is -0.165. The molecule has 2 aromatic rings. The minimum Gasteiger partial charge on any atom is -0.508 e. The Labute approximate surface area is 121 Å². The van der Waals surface area contributed by atoms with E-state index >= 15 is 0 Å². The molecule has 2 N–H and O–H groups in total. The molecule has 0 spiro atoms. The molecule has 0 bridgehead atoms. The number of nitrogens with zero attached hydrogens (tertiary/aromatic N) is 1. The van der Waals surface area contributed by atoms with Crippen LogP contribution >= 0.6 is 11.6 Å². The van der Waals surface area contributed by atoms with Crippen LogP contribution in [0.1, 0.15) is 22.8 Å². The number of nitrogens with one attached hydrogen (secondary N) is 1. The zero-order chi connectivity index (χ0) is 14.5. The Morgan fingerprint density at radius 3 is 2.50 bits per heavy atom. The second-order valence-electron chi connectivity index (χ2n) is 4.20. The topological polar surface area (TPSA) is 61.7 Å². The van der Waals surface area contributed by atoms with E-state index in [0.29, 0.717) is 16.3 Å². The third-order valence-electron chi connectivity index (χ3n) is 2.70. The Morgan fingerprint density at radius 1 is 1.15 bits per heavy atom. The van der Waals surface area contributed by atoms with Gasteiger partial charge < -0.3 is 5.11 Å². The van der Waals surface area contributed by atoms with E-state index in [0.717, 1.165) is 5.56 Å². The first-order chi connectivity index (χ1) is 9.56. The number of benzene rings is 2. The monoisotopic (exact) mass is 288 g/mol. The molecule has 0 aliphatic heterocycles. The molecule has 0 aromatic heterocycles. The quantitative estimate of drug-likeness (QED) is 0.673. The van der Waals surface area contributed by atoms with Gasteiger partial charge in [-0.05, 0) is 43.3 Å². The van der Waals surface area contributed by atoms with E-state index in [9.17, 15) is 9.90 Å². The molecule has 2 aromatic carbocycles. The Morgan fingerprint density at radius 2 is 1.85 bits per heavy atom. The molecule has 0 saturated carbocycles. The summed E-state index contributed by atoms with van der Waals surface area (Å²) >= 11 is 5.76. The van der Waals surface area contributed by atoms with Gasteiger partial charge in [0.15, 0.2) is 0 Å². The molecule has 0 atom stereocenters. The number of carbonyl (C=O) groups is 1. The molecule has 0 fully saturated rings. The number of halogens is 1. The molecule has 2 rings (SSSR count). The molecule has 0 heterocycles. The maximum Gasteiger partial charge on any atom is 0.271 e. The van der Waals surface area contributed by atoms with Gasteiger partial charge in [-0.2, -0.15) is 5.10 Å². The highest BCUT2D eigenvalue weighted by Gasteiger charge is 2.05. The maximum absolute atomic E-state index is 11.8. The van der Waals surface area contributed by atoms with E-state index < -0.39 is 0 Å². The van der Waals surface area contributed by atoms with Gasteiger partial charge in [0.2, 0.25) is 0 Å². The molecule has 0 aliphatic carbocycles. The lowest BCUT2D eigenvalue weighted by molar-refractivity contribution is 0.0955. The van der Waals surface area contributed by atoms with Crippen molar-refractivity contribution in [1.82, 2.24) is 5.43 Å². The van der Waals surface area contributed by atoms with Gasteiger partial charge in [-0.25, -0.2) is 5.43 Å². The molecule has 5 heteroatoms. The standard InChI is InChI=1S/C15H13ClN2O2/c1-10(12-3-2-4-14(19)9-12)17-18-15(20)11-5-7-13(16)8-6-11/h2-9,19H,1H3,(H,18,20)/b17-10+. The van der Waals surface area contributed by atoms with Gasteiger partial charge in [0.25, 0.3) is 5.91 Å². The minimum absolute atomic E-state index is 0.154. The zero-order valence-electron chi connectivity index (χ0n) is 10.8. The van der Waals surface area contributed by atoms with Crippen LogP contribution in [0.2, 0.25) is 5.02 Å². The van der Waals surface area contributed by atoms with Crippen molar-refractivity contribution >= 4 is 23.2 Å². The van der Waals surface area contributed by atoms with Crippen molar-refractivity contribution in [3.63, 3.8) is 0 Å². The van der Waals surface area contributed by atoms with Gasteiger partial charge in [0.05, 0.1) is 5.71 Å². The molecule has 102 valence electrons. The van der Waals surface area contributed by atoms with Gasteiger partial charge in [-0.15, -0.1) is 0 Å².